The van der Waals surface area contributed by atoms with Crippen LogP contribution in [-0.4, -0.2) is 50.3 Å². The number of nitrogens with one attached hydrogen (secondary N) is 1. The Morgan fingerprint density at radius 2 is 2.00 bits per heavy atom. The summed E-state index contributed by atoms with van der Waals surface area (Å²) in [4.78, 5) is 13.6. The number of halogens is 4. The van der Waals surface area contributed by atoms with Gasteiger partial charge in [0.15, 0.2) is 0 Å². The lowest BCUT2D eigenvalue weighted by molar-refractivity contribution is -0.138. The second-order valence-corrected chi connectivity index (χ2v) is 5.80. The summed E-state index contributed by atoms with van der Waals surface area (Å²) in [5.74, 6) is -0.802. The predicted molar refractivity (Wildman–Crippen MR) is 85.2 cm³/mol. The Labute approximate surface area is 144 Å². The summed E-state index contributed by atoms with van der Waals surface area (Å²) in [7, 11) is 0. The number of piperazine rings is 1. The topological polar surface area (TPSA) is 41.6 Å². The molecule has 1 aliphatic rings. The Bertz CT molecular complexity index is 587. The smallest absolute Gasteiger partial charge is 0.416 e. The fourth-order valence-electron chi connectivity index (χ4n) is 3.07. The van der Waals surface area contributed by atoms with E-state index in [0.29, 0.717) is 26.2 Å². The van der Waals surface area contributed by atoms with Crippen LogP contribution in [0.3, 0.4) is 0 Å². The minimum atomic E-state index is -4.64. The molecule has 1 heterocycles. The number of carbonyl (C=O) groups is 1. The zero-order valence-electron chi connectivity index (χ0n) is 14.0. The lowest BCUT2D eigenvalue weighted by Gasteiger charge is -2.36. The third-order valence-electron chi connectivity index (χ3n) is 4.20. The van der Waals surface area contributed by atoms with Crippen molar-refractivity contribution in [2.24, 2.45) is 0 Å². The van der Waals surface area contributed by atoms with Crippen molar-refractivity contribution < 1.29 is 27.1 Å². The molecule has 1 fully saturated rings. The monoisotopic (exact) mass is 362 g/mol. The van der Waals surface area contributed by atoms with E-state index in [1.165, 1.54) is 12.1 Å². The molecule has 25 heavy (non-hydrogen) atoms. The lowest BCUT2D eigenvalue weighted by atomic mass is 9.94. The average Bonchev–Trinajstić information content (AvgIpc) is 2.59. The first-order valence-electron chi connectivity index (χ1n) is 8.27. The fourth-order valence-corrected chi connectivity index (χ4v) is 3.07. The molecule has 0 bridgehead atoms. The van der Waals surface area contributed by atoms with Crippen LogP contribution in [0.2, 0.25) is 0 Å². The minimum Gasteiger partial charge on any atom is -0.462 e. The van der Waals surface area contributed by atoms with Crippen molar-refractivity contribution in [2.75, 3.05) is 39.5 Å². The van der Waals surface area contributed by atoms with Crippen molar-refractivity contribution in [3.63, 3.8) is 0 Å². The molecule has 0 saturated carbocycles. The molecule has 1 atom stereocenters. The summed E-state index contributed by atoms with van der Waals surface area (Å²) in [5, 5.41) is 3.13. The van der Waals surface area contributed by atoms with Gasteiger partial charge in [0.25, 0.3) is 0 Å². The molecule has 0 aliphatic carbocycles. The molecule has 1 saturated heterocycles. The van der Waals surface area contributed by atoms with Crippen LogP contribution in [0, 0.1) is 0 Å². The van der Waals surface area contributed by atoms with Crippen molar-refractivity contribution in [3.8, 4) is 0 Å². The van der Waals surface area contributed by atoms with Gasteiger partial charge in [0.2, 0.25) is 0 Å². The largest absolute Gasteiger partial charge is 0.462 e. The molecule has 0 radical (unpaired) electrons. The molecule has 1 aliphatic heterocycles. The Morgan fingerprint density at radius 1 is 1.32 bits per heavy atom. The molecule has 4 nitrogen and oxygen atoms in total. The SMILES string of the molecule is CCOC(=O)c1ccc(C(CCF)N2CCNCC2)c(C(F)(F)F)c1. The number of benzene rings is 1. The number of alkyl halides is 4. The van der Waals surface area contributed by atoms with Crippen LogP contribution < -0.4 is 5.32 Å². The molecule has 1 unspecified atom stereocenters. The van der Waals surface area contributed by atoms with Crippen molar-refractivity contribution >= 4 is 5.97 Å². The molecule has 0 spiro atoms. The number of nitrogens with zero attached hydrogens (tertiary/aromatic N) is 1. The van der Waals surface area contributed by atoms with Gasteiger partial charge in [-0.2, -0.15) is 13.2 Å². The van der Waals surface area contributed by atoms with Gasteiger partial charge < -0.3 is 10.1 Å². The van der Waals surface area contributed by atoms with E-state index in [0.717, 1.165) is 6.07 Å². The summed E-state index contributed by atoms with van der Waals surface area (Å²) in [5.41, 5.74) is -1.06. The van der Waals surface area contributed by atoms with Crippen LogP contribution >= 0.6 is 0 Å². The van der Waals surface area contributed by atoms with E-state index in [1.54, 1.807) is 6.92 Å². The predicted octanol–water partition coefficient (Wildman–Crippen LogP) is 3.19. The summed E-state index contributed by atoms with van der Waals surface area (Å²) < 4.78 is 58.5. The first-order chi connectivity index (χ1) is 11.9. The van der Waals surface area contributed by atoms with E-state index in [9.17, 15) is 22.4 Å². The molecule has 0 amide bonds. The number of esters is 1. The van der Waals surface area contributed by atoms with Crippen LogP contribution in [-0.2, 0) is 10.9 Å². The van der Waals surface area contributed by atoms with Crippen molar-refractivity contribution in [3.05, 3.63) is 34.9 Å². The van der Waals surface area contributed by atoms with Crippen molar-refractivity contribution in [1.29, 1.82) is 0 Å². The van der Waals surface area contributed by atoms with Gasteiger partial charge in [0.1, 0.15) is 0 Å². The maximum Gasteiger partial charge on any atom is 0.416 e. The second-order valence-electron chi connectivity index (χ2n) is 5.80. The molecular weight excluding hydrogens is 340 g/mol. The third kappa shape index (κ3) is 4.92. The van der Waals surface area contributed by atoms with E-state index < -0.39 is 30.4 Å². The zero-order valence-corrected chi connectivity index (χ0v) is 14.0. The normalized spacial score (nSPS) is 17.3. The minimum absolute atomic E-state index is 0.0000912. The van der Waals surface area contributed by atoms with Gasteiger partial charge in [-0.3, -0.25) is 9.29 Å². The first-order valence-corrected chi connectivity index (χ1v) is 8.27. The van der Waals surface area contributed by atoms with E-state index in [1.807, 2.05) is 4.90 Å². The van der Waals surface area contributed by atoms with Gasteiger partial charge in [0, 0.05) is 32.2 Å². The van der Waals surface area contributed by atoms with Crippen LogP contribution in [0.1, 0.15) is 40.9 Å². The Balaban J connectivity index is 2.43. The van der Waals surface area contributed by atoms with E-state index in [4.69, 9.17) is 4.74 Å². The molecule has 8 heteroatoms. The summed E-state index contributed by atoms with van der Waals surface area (Å²) in [6, 6.07) is 2.72. The number of carbonyl (C=O) groups excluding carboxylic acids is 1. The van der Waals surface area contributed by atoms with Crippen molar-refractivity contribution in [2.45, 2.75) is 25.6 Å². The molecular formula is C17H22F4N2O2. The Morgan fingerprint density at radius 3 is 2.56 bits per heavy atom. The molecule has 1 aromatic carbocycles. The fraction of sp³-hybridized carbons (Fsp3) is 0.588. The Hall–Kier alpha value is -1.67. The van der Waals surface area contributed by atoms with Crippen LogP contribution in [0.4, 0.5) is 17.6 Å². The molecule has 1 N–H and O–H groups in total. The van der Waals surface area contributed by atoms with Gasteiger partial charge in [-0.25, -0.2) is 4.79 Å². The van der Waals surface area contributed by atoms with E-state index in [-0.39, 0.29) is 24.2 Å². The van der Waals surface area contributed by atoms with Gasteiger partial charge in [-0.05, 0) is 31.0 Å². The molecule has 1 aromatic rings. The summed E-state index contributed by atoms with van der Waals surface area (Å²) >= 11 is 0. The first kappa shape index (κ1) is 19.7. The highest BCUT2D eigenvalue weighted by atomic mass is 19.4. The van der Waals surface area contributed by atoms with Gasteiger partial charge in [-0.15, -0.1) is 0 Å². The molecule has 2 rings (SSSR count). The number of rotatable bonds is 6. The third-order valence-corrected chi connectivity index (χ3v) is 4.20. The van der Waals surface area contributed by atoms with E-state index in [2.05, 4.69) is 5.32 Å². The number of hydrogen-bond donors (Lipinski definition) is 1. The summed E-state index contributed by atoms with van der Waals surface area (Å²) in [6.45, 7) is 3.32. The maximum atomic E-state index is 13.6. The number of hydrogen-bond acceptors (Lipinski definition) is 4. The standard InChI is InChI=1S/C17H22F4N2O2/c1-2-25-16(24)12-3-4-13(14(11-12)17(19,20)21)15(5-6-18)23-9-7-22-8-10-23/h3-4,11,15,22H,2,5-10H2,1H3. The lowest BCUT2D eigenvalue weighted by Crippen LogP contribution is -2.45. The van der Waals surface area contributed by atoms with E-state index >= 15 is 0 Å². The molecule has 0 aromatic heterocycles. The second kappa shape index (κ2) is 8.62. The highest BCUT2D eigenvalue weighted by Crippen LogP contribution is 2.38. The highest BCUT2D eigenvalue weighted by Gasteiger charge is 2.37. The van der Waals surface area contributed by atoms with Crippen LogP contribution in [0.5, 0.6) is 0 Å². The average molecular weight is 362 g/mol. The van der Waals surface area contributed by atoms with Gasteiger partial charge in [0.05, 0.1) is 24.4 Å². The molecule has 140 valence electrons. The highest BCUT2D eigenvalue weighted by molar-refractivity contribution is 5.89. The Kier molecular flexibility index (Phi) is 6.78. The number of ether oxygens (including phenoxy) is 1. The van der Waals surface area contributed by atoms with Gasteiger partial charge >= 0.3 is 12.1 Å². The van der Waals surface area contributed by atoms with Crippen LogP contribution in [0.15, 0.2) is 18.2 Å². The van der Waals surface area contributed by atoms with Gasteiger partial charge in [-0.1, -0.05) is 6.07 Å². The zero-order chi connectivity index (χ0) is 18.4. The van der Waals surface area contributed by atoms with Crippen molar-refractivity contribution in [1.82, 2.24) is 10.2 Å². The quantitative estimate of drug-likeness (QED) is 0.623. The maximum absolute atomic E-state index is 13.6. The summed E-state index contributed by atoms with van der Waals surface area (Å²) in [6.07, 6.45) is -4.66. The van der Waals surface area contributed by atoms with Crippen LogP contribution in [0.25, 0.3) is 0 Å².